The molecule has 14 heteroatoms. The number of nitrogens with two attached hydrogens (primary N) is 1. The number of anilines is 1. The molecule has 3 atom stereocenters. The van der Waals surface area contributed by atoms with Crippen LogP contribution in [0.15, 0.2) is 23.2 Å². The smallest absolute Gasteiger partial charge is 0.276 e. The van der Waals surface area contributed by atoms with Crippen molar-refractivity contribution in [2.24, 2.45) is 18.7 Å². The average Bonchev–Trinajstić information content (AvgIpc) is 3.29. The number of nitrogens with zero attached hydrogens (tertiary/aromatic N) is 2. The van der Waals surface area contributed by atoms with Gasteiger partial charge in [0, 0.05) is 56.1 Å². The largest absolute Gasteiger partial charge is 0.489 e. The van der Waals surface area contributed by atoms with Crippen molar-refractivity contribution in [3.05, 3.63) is 41.5 Å². The van der Waals surface area contributed by atoms with E-state index < -0.39 is 51.4 Å². The van der Waals surface area contributed by atoms with Crippen molar-refractivity contribution in [1.29, 1.82) is 0 Å². The number of aromatic nitrogens is 1. The van der Waals surface area contributed by atoms with Crippen LogP contribution in [0.5, 0.6) is 5.75 Å². The van der Waals surface area contributed by atoms with E-state index >= 15 is 0 Å². The summed E-state index contributed by atoms with van der Waals surface area (Å²) in [6, 6.07) is -0.190. The number of fused-ring (bicyclic) bond motifs is 2. The molecule has 0 saturated carbocycles. The number of likely N-dealkylation sites (tertiary alicyclic amines) is 1. The van der Waals surface area contributed by atoms with E-state index in [-0.39, 0.29) is 47.6 Å². The molecule has 0 aliphatic carbocycles. The molecule has 184 valence electrons. The predicted molar refractivity (Wildman–Crippen MR) is 113 cm³/mol. The van der Waals surface area contributed by atoms with Gasteiger partial charge in [-0.15, -0.1) is 0 Å². The molecule has 0 unspecified atom stereocenters. The van der Waals surface area contributed by atoms with Gasteiger partial charge >= 0.3 is 0 Å². The van der Waals surface area contributed by atoms with E-state index in [0.717, 1.165) is 0 Å². The Bertz CT molecular complexity index is 1260. The van der Waals surface area contributed by atoms with Crippen LogP contribution in [0.4, 0.5) is 18.9 Å². The van der Waals surface area contributed by atoms with Gasteiger partial charge in [-0.1, -0.05) is 0 Å². The lowest BCUT2D eigenvalue weighted by Crippen LogP contribution is -2.44. The van der Waals surface area contributed by atoms with Crippen molar-refractivity contribution < 1.29 is 35.9 Å². The highest BCUT2D eigenvalue weighted by molar-refractivity contribution is 7.89. The molecule has 2 aliphatic heterocycles. The number of amides is 2. The molecular formula is C20H22F3N5O5S. The summed E-state index contributed by atoms with van der Waals surface area (Å²) in [7, 11) is -2.77. The van der Waals surface area contributed by atoms with E-state index in [4.69, 9.17) is 10.5 Å². The summed E-state index contributed by atoms with van der Waals surface area (Å²) in [5.41, 5.74) is 5.05. The van der Waals surface area contributed by atoms with Gasteiger partial charge in [0.25, 0.3) is 5.91 Å². The maximum atomic E-state index is 13.5. The number of carbonyl (C=O) groups excluding carboxylic acids is 2. The molecule has 4 N–H and O–H groups in total. The fraction of sp³-hybridized carbons (Fsp3) is 0.400. The molecular weight excluding hydrogens is 479 g/mol. The van der Waals surface area contributed by atoms with Gasteiger partial charge in [-0.25, -0.2) is 26.3 Å². The molecule has 10 nitrogen and oxygen atoms in total. The molecule has 0 bridgehead atoms. The third-order valence-electron chi connectivity index (χ3n) is 5.74. The lowest BCUT2D eigenvalue weighted by Gasteiger charge is -2.23. The van der Waals surface area contributed by atoms with E-state index in [2.05, 4.69) is 10.0 Å². The number of hydrogen-bond acceptors (Lipinski definition) is 6. The Labute approximate surface area is 192 Å². The predicted octanol–water partition coefficient (Wildman–Crippen LogP) is 0.540. The Morgan fingerprint density at radius 2 is 1.88 bits per heavy atom. The van der Waals surface area contributed by atoms with Crippen LogP contribution in [0, 0.1) is 23.4 Å². The monoisotopic (exact) mass is 501 g/mol. The number of ether oxygens (including phenoxy) is 1. The summed E-state index contributed by atoms with van der Waals surface area (Å²) in [4.78, 5) is 26.3. The van der Waals surface area contributed by atoms with Crippen molar-refractivity contribution >= 4 is 27.5 Å². The number of benzene rings is 1. The van der Waals surface area contributed by atoms with E-state index in [0.29, 0.717) is 12.1 Å². The van der Waals surface area contributed by atoms with Gasteiger partial charge in [0.2, 0.25) is 15.9 Å². The highest BCUT2D eigenvalue weighted by Gasteiger charge is 2.42. The lowest BCUT2D eigenvalue weighted by molar-refractivity contribution is -0.131. The minimum Gasteiger partial charge on any atom is -0.489 e. The Hall–Kier alpha value is -3.10. The third kappa shape index (κ3) is 4.23. The Morgan fingerprint density at radius 3 is 2.50 bits per heavy atom. The molecule has 34 heavy (non-hydrogen) atoms. The Balaban J connectivity index is 1.64. The Kier molecular flexibility index (Phi) is 6.08. The number of sulfonamides is 1. The van der Waals surface area contributed by atoms with Crippen LogP contribution < -0.4 is 20.5 Å². The number of aryl methyl sites for hydroxylation is 1. The summed E-state index contributed by atoms with van der Waals surface area (Å²) >= 11 is 0. The van der Waals surface area contributed by atoms with Crippen LogP contribution in [0.3, 0.4) is 0 Å². The molecule has 0 spiro atoms. The normalized spacial score (nSPS) is 22.1. The van der Waals surface area contributed by atoms with Crippen LogP contribution in [0.2, 0.25) is 0 Å². The second-order valence-corrected chi connectivity index (χ2v) is 10.0. The average molecular weight is 501 g/mol. The first-order valence-corrected chi connectivity index (χ1v) is 11.7. The zero-order valence-corrected chi connectivity index (χ0v) is 19.0. The molecule has 1 aromatic heterocycles. The summed E-state index contributed by atoms with van der Waals surface area (Å²) in [5, 5.41) is 2.22. The first-order valence-electron chi connectivity index (χ1n) is 10.2. The van der Waals surface area contributed by atoms with Gasteiger partial charge in [-0.05, 0) is 6.92 Å². The molecule has 1 fully saturated rings. The zero-order valence-electron chi connectivity index (χ0n) is 18.1. The van der Waals surface area contributed by atoms with Gasteiger partial charge in [0.15, 0.2) is 28.9 Å². The van der Waals surface area contributed by atoms with Crippen LogP contribution in [-0.4, -0.2) is 61.5 Å². The number of carbonyl (C=O) groups is 2. The van der Waals surface area contributed by atoms with Crippen LogP contribution in [-0.2, 0) is 21.9 Å². The van der Waals surface area contributed by atoms with E-state index in [9.17, 15) is 31.2 Å². The minimum atomic E-state index is -4.17. The van der Waals surface area contributed by atoms with E-state index in [1.54, 1.807) is 0 Å². The molecule has 1 saturated heterocycles. The SMILES string of the molecule is C[C@H](N)C(=O)N1C[C@H]2COc3c(cn(C)c3C(=O)Nc3cc(F)c(F)c(F)c3)S(=O)(=O)N[C@H]2C1. The second-order valence-electron chi connectivity index (χ2n) is 8.32. The summed E-state index contributed by atoms with van der Waals surface area (Å²) in [5.74, 6) is -6.62. The van der Waals surface area contributed by atoms with Gasteiger partial charge < -0.3 is 25.3 Å². The number of nitrogens with one attached hydrogen (secondary N) is 2. The van der Waals surface area contributed by atoms with E-state index in [1.807, 2.05) is 0 Å². The maximum absolute atomic E-state index is 13.5. The first-order chi connectivity index (χ1) is 15.9. The number of hydrogen-bond donors (Lipinski definition) is 3. The molecule has 2 amide bonds. The topological polar surface area (TPSA) is 136 Å². The molecule has 3 heterocycles. The van der Waals surface area contributed by atoms with Crippen molar-refractivity contribution in [2.45, 2.75) is 23.9 Å². The third-order valence-corrected chi connectivity index (χ3v) is 7.22. The lowest BCUT2D eigenvalue weighted by atomic mass is 10.1. The van der Waals surface area contributed by atoms with Crippen molar-refractivity contribution in [2.75, 3.05) is 25.0 Å². The Morgan fingerprint density at radius 1 is 1.24 bits per heavy atom. The zero-order chi connectivity index (χ0) is 24.9. The van der Waals surface area contributed by atoms with Gasteiger partial charge in [0.1, 0.15) is 4.90 Å². The first kappa shape index (κ1) is 24.0. The van der Waals surface area contributed by atoms with Crippen LogP contribution in [0.25, 0.3) is 0 Å². The fourth-order valence-electron chi connectivity index (χ4n) is 4.08. The molecule has 1 aromatic carbocycles. The van der Waals surface area contributed by atoms with Crippen molar-refractivity contribution in [1.82, 2.24) is 14.2 Å². The van der Waals surface area contributed by atoms with E-state index in [1.165, 1.54) is 29.6 Å². The quantitative estimate of drug-likeness (QED) is 0.526. The molecule has 2 aliphatic rings. The molecule has 2 aromatic rings. The van der Waals surface area contributed by atoms with Gasteiger partial charge in [-0.3, -0.25) is 9.59 Å². The molecule has 0 radical (unpaired) electrons. The highest BCUT2D eigenvalue weighted by atomic mass is 32.2. The van der Waals surface area contributed by atoms with Gasteiger partial charge in [-0.2, -0.15) is 0 Å². The number of halogens is 3. The fourth-order valence-corrected chi connectivity index (χ4v) is 5.57. The standard InChI is InChI=1S/C20H22F3N5O5S/c1-9(24)20(30)28-5-10-8-33-18-15(34(31,32)26-14(10)6-28)7-27(2)17(18)19(29)25-11-3-12(21)16(23)13(22)4-11/h3-4,7,9-10,14,26H,5-6,8,24H2,1-2H3,(H,25,29)/t9-,10-,14-/m0/s1. The summed E-state index contributed by atoms with van der Waals surface area (Å²) in [6.45, 7) is 1.83. The summed E-state index contributed by atoms with van der Waals surface area (Å²) in [6.07, 6.45) is 1.17. The second kappa shape index (κ2) is 8.60. The minimum absolute atomic E-state index is 0.0208. The van der Waals surface area contributed by atoms with Crippen molar-refractivity contribution in [3.63, 3.8) is 0 Å². The van der Waals surface area contributed by atoms with Crippen molar-refractivity contribution in [3.8, 4) is 5.75 Å². The highest BCUT2D eigenvalue weighted by Crippen LogP contribution is 2.35. The molecule has 4 rings (SSSR count). The van der Waals surface area contributed by atoms with Crippen LogP contribution in [0.1, 0.15) is 17.4 Å². The van der Waals surface area contributed by atoms with Gasteiger partial charge in [0.05, 0.1) is 12.6 Å². The van der Waals surface area contributed by atoms with Crippen LogP contribution >= 0.6 is 0 Å². The maximum Gasteiger partial charge on any atom is 0.276 e. The summed E-state index contributed by atoms with van der Waals surface area (Å²) < 4.78 is 75.9. The number of rotatable bonds is 3.